The van der Waals surface area contributed by atoms with E-state index in [1.165, 1.54) is 38.5 Å². The van der Waals surface area contributed by atoms with E-state index in [0.29, 0.717) is 25.1 Å². The lowest BCUT2D eigenvalue weighted by molar-refractivity contribution is 0.143. The highest BCUT2D eigenvalue weighted by Gasteiger charge is 2.14. The topological polar surface area (TPSA) is 56.3 Å². The highest BCUT2D eigenvalue weighted by Crippen LogP contribution is 2.22. The molecule has 0 aromatic carbocycles. The number of aryl methyl sites for hydroxylation is 1. The molecule has 1 heterocycles. The molecule has 0 radical (unpaired) electrons. The van der Waals surface area contributed by atoms with E-state index in [0.717, 1.165) is 24.5 Å². The van der Waals surface area contributed by atoms with E-state index in [1.807, 2.05) is 6.07 Å². The summed E-state index contributed by atoms with van der Waals surface area (Å²) in [7, 11) is 1.67. The predicted molar refractivity (Wildman–Crippen MR) is 88.5 cm³/mol. The van der Waals surface area contributed by atoms with Gasteiger partial charge in [0, 0.05) is 25.6 Å². The van der Waals surface area contributed by atoms with Gasteiger partial charge in [-0.3, -0.25) is 0 Å². The first-order chi connectivity index (χ1) is 10.8. The van der Waals surface area contributed by atoms with Crippen molar-refractivity contribution in [1.29, 1.82) is 0 Å². The Kier molecular flexibility index (Phi) is 7.43. The Hall–Kier alpha value is -1.36. The minimum Gasteiger partial charge on any atom is -0.475 e. The molecule has 0 saturated heterocycles. The smallest absolute Gasteiger partial charge is 0.218 e. The van der Waals surface area contributed by atoms with Crippen LogP contribution in [-0.2, 0) is 11.2 Å². The molecule has 0 spiro atoms. The standard InChI is InChI=1S/C17H29N3O2/c1-3-8-15-19-16(13-17(20-15)22-12-11-21-2)18-14-9-6-4-5-7-10-14/h13-14H,3-12H2,1-2H3,(H,18,19,20). The fourth-order valence-electron chi connectivity index (χ4n) is 2.82. The molecule has 0 amide bonds. The lowest BCUT2D eigenvalue weighted by Crippen LogP contribution is -2.20. The van der Waals surface area contributed by atoms with Crippen molar-refractivity contribution in [2.45, 2.75) is 64.3 Å². The van der Waals surface area contributed by atoms with Crippen LogP contribution in [0.3, 0.4) is 0 Å². The van der Waals surface area contributed by atoms with Crippen molar-refractivity contribution in [3.63, 3.8) is 0 Å². The predicted octanol–water partition coefficient (Wildman–Crippen LogP) is 3.59. The molecule has 5 nitrogen and oxygen atoms in total. The maximum absolute atomic E-state index is 5.67. The zero-order valence-electron chi connectivity index (χ0n) is 13.9. The Morgan fingerprint density at radius 3 is 2.59 bits per heavy atom. The Morgan fingerprint density at radius 2 is 1.91 bits per heavy atom. The van der Waals surface area contributed by atoms with Gasteiger partial charge in [-0.1, -0.05) is 32.6 Å². The molecule has 0 bridgehead atoms. The number of hydrogen-bond acceptors (Lipinski definition) is 5. The molecule has 124 valence electrons. The molecular weight excluding hydrogens is 278 g/mol. The second-order valence-electron chi connectivity index (χ2n) is 5.93. The monoisotopic (exact) mass is 307 g/mol. The van der Waals surface area contributed by atoms with Crippen LogP contribution >= 0.6 is 0 Å². The van der Waals surface area contributed by atoms with Crippen molar-refractivity contribution in [1.82, 2.24) is 9.97 Å². The van der Waals surface area contributed by atoms with Gasteiger partial charge in [-0.2, -0.15) is 4.98 Å². The van der Waals surface area contributed by atoms with E-state index in [2.05, 4.69) is 22.2 Å². The number of rotatable bonds is 8. The maximum Gasteiger partial charge on any atom is 0.218 e. The summed E-state index contributed by atoms with van der Waals surface area (Å²) >= 11 is 0. The summed E-state index contributed by atoms with van der Waals surface area (Å²) in [6.07, 6.45) is 9.69. The molecule has 2 rings (SSSR count). The third-order valence-electron chi connectivity index (χ3n) is 3.97. The lowest BCUT2D eigenvalue weighted by Gasteiger charge is -2.18. The second-order valence-corrected chi connectivity index (χ2v) is 5.93. The average molecular weight is 307 g/mol. The minimum atomic E-state index is 0.516. The van der Waals surface area contributed by atoms with Gasteiger partial charge >= 0.3 is 0 Å². The van der Waals surface area contributed by atoms with Gasteiger partial charge < -0.3 is 14.8 Å². The summed E-state index contributed by atoms with van der Waals surface area (Å²) in [5.74, 6) is 2.40. The molecule has 1 fully saturated rings. The van der Waals surface area contributed by atoms with Crippen LogP contribution in [0, 0.1) is 0 Å². The number of ether oxygens (including phenoxy) is 2. The van der Waals surface area contributed by atoms with Gasteiger partial charge in [0.15, 0.2) is 0 Å². The average Bonchev–Trinajstić information content (AvgIpc) is 2.76. The molecule has 22 heavy (non-hydrogen) atoms. The second kappa shape index (κ2) is 9.62. The van der Waals surface area contributed by atoms with E-state index < -0.39 is 0 Å². The summed E-state index contributed by atoms with van der Waals surface area (Å²) in [4.78, 5) is 9.12. The molecule has 0 atom stereocenters. The van der Waals surface area contributed by atoms with Crippen LogP contribution in [0.25, 0.3) is 0 Å². The highest BCUT2D eigenvalue weighted by atomic mass is 16.5. The van der Waals surface area contributed by atoms with Gasteiger partial charge in [0.2, 0.25) is 5.88 Å². The summed E-state index contributed by atoms with van der Waals surface area (Å²) in [5, 5.41) is 3.59. The zero-order valence-corrected chi connectivity index (χ0v) is 13.9. The van der Waals surface area contributed by atoms with Crippen LogP contribution in [0.5, 0.6) is 5.88 Å². The van der Waals surface area contributed by atoms with Gasteiger partial charge in [-0.15, -0.1) is 0 Å². The van der Waals surface area contributed by atoms with Gasteiger partial charge in [0.1, 0.15) is 18.2 Å². The van der Waals surface area contributed by atoms with Crippen molar-refractivity contribution < 1.29 is 9.47 Å². The Balaban J connectivity index is 2.03. The SMILES string of the molecule is CCCc1nc(NC2CCCCCC2)cc(OCCOC)n1. The van der Waals surface area contributed by atoms with E-state index in [1.54, 1.807) is 7.11 Å². The molecule has 0 unspecified atom stereocenters. The van der Waals surface area contributed by atoms with Crippen molar-refractivity contribution in [3.8, 4) is 5.88 Å². The number of hydrogen-bond donors (Lipinski definition) is 1. The van der Waals surface area contributed by atoms with Crippen molar-refractivity contribution in [2.75, 3.05) is 25.6 Å². The fraction of sp³-hybridized carbons (Fsp3) is 0.765. The Labute approximate surface area is 133 Å². The van der Waals surface area contributed by atoms with E-state index in [4.69, 9.17) is 9.47 Å². The maximum atomic E-state index is 5.67. The van der Waals surface area contributed by atoms with Crippen LogP contribution in [0.1, 0.15) is 57.7 Å². The third-order valence-corrected chi connectivity index (χ3v) is 3.97. The van der Waals surface area contributed by atoms with Crippen LogP contribution in [0.2, 0.25) is 0 Å². The van der Waals surface area contributed by atoms with Crippen molar-refractivity contribution in [2.24, 2.45) is 0 Å². The van der Waals surface area contributed by atoms with Crippen molar-refractivity contribution in [3.05, 3.63) is 11.9 Å². The number of nitrogens with one attached hydrogen (secondary N) is 1. The molecule has 1 N–H and O–H groups in total. The van der Waals surface area contributed by atoms with Crippen LogP contribution in [0.4, 0.5) is 5.82 Å². The molecule has 1 saturated carbocycles. The molecule has 1 aliphatic carbocycles. The van der Waals surface area contributed by atoms with Crippen molar-refractivity contribution >= 4 is 5.82 Å². The Morgan fingerprint density at radius 1 is 1.14 bits per heavy atom. The summed E-state index contributed by atoms with van der Waals surface area (Å²) < 4.78 is 10.7. The highest BCUT2D eigenvalue weighted by molar-refractivity contribution is 5.39. The molecular formula is C17H29N3O2. The third kappa shape index (κ3) is 5.79. The van der Waals surface area contributed by atoms with Gasteiger partial charge in [0.25, 0.3) is 0 Å². The molecule has 5 heteroatoms. The van der Waals surface area contributed by atoms with E-state index in [-0.39, 0.29) is 0 Å². The van der Waals surface area contributed by atoms with Gasteiger partial charge in [-0.05, 0) is 19.3 Å². The summed E-state index contributed by atoms with van der Waals surface area (Å²) in [6, 6.07) is 2.44. The first kappa shape index (κ1) is 17.0. The quantitative estimate of drug-likeness (QED) is 0.587. The summed E-state index contributed by atoms with van der Waals surface area (Å²) in [5.41, 5.74) is 0. The molecule has 0 aliphatic heterocycles. The normalized spacial score (nSPS) is 16.3. The van der Waals surface area contributed by atoms with Crippen LogP contribution in [0.15, 0.2) is 6.07 Å². The number of anilines is 1. The minimum absolute atomic E-state index is 0.516. The number of nitrogens with zero attached hydrogens (tertiary/aromatic N) is 2. The first-order valence-electron chi connectivity index (χ1n) is 8.58. The van der Waals surface area contributed by atoms with Gasteiger partial charge in [0.05, 0.1) is 6.61 Å². The molecule has 1 aromatic heterocycles. The molecule has 1 aliphatic rings. The number of methoxy groups -OCH3 is 1. The Bertz CT molecular complexity index is 432. The van der Waals surface area contributed by atoms with Crippen LogP contribution in [-0.4, -0.2) is 36.3 Å². The fourth-order valence-corrected chi connectivity index (χ4v) is 2.82. The summed E-state index contributed by atoms with van der Waals surface area (Å²) in [6.45, 7) is 3.22. The largest absolute Gasteiger partial charge is 0.475 e. The zero-order chi connectivity index (χ0) is 15.6. The number of aromatic nitrogens is 2. The van der Waals surface area contributed by atoms with E-state index in [9.17, 15) is 0 Å². The first-order valence-corrected chi connectivity index (χ1v) is 8.58. The lowest BCUT2D eigenvalue weighted by atomic mass is 10.1. The van der Waals surface area contributed by atoms with E-state index >= 15 is 0 Å². The van der Waals surface area contributed by atoms with Gasteiger partial charge in [-0.25, -0.2) is 4.98 Å². The van der Waals surface area contributed by atoms with Crippen LogP contribution < -0.4 is 10.1 Å². The molecule has 1 aromatic rings.